The molecule has 1 amide bonds. The predicted octanol–water partition coefficient (Wildman–Crippen LogP) is 1.94. The van der Waals surface area contributed by atoms with Crippen LogP contribution >= 0.6 is 0 Å². The number of hydrogen-bond acceptors (Lipinski definition) is 5. The molecule has 0 aromatic heterocycles. The summed E-state index contributed by atoms with van der Waals surface area (Å²) in [5, 5.41) is 2.75. The molecule has 0 fully saturated rings. The summed E-state index contributed by atoms with van der Waals surface area (Å²) >= 11 is 0. The minimum atomic E-state index is -3.85. The van der Waals surface area contributed by atoms with E-state index in [1.165, 1.54) is 21.2 Å². The van der Waals surface area contributed by atoms with E-state index in [0.717, 1.165) is 19.7 Å². The van der Waals surface area contributed by atoms with Gasteiger partial charge in [0.05, 0.1) is 19.9 Å². The van der Waals surface area contributed by atoms with E-state index in [9.17, 15) is 13.2 Å². The number of methoxy groups -OCH3 is 2. The van der Waals surface area contributed by atoms with Gasteiger partial charge >= 0.3 is 10.2 Å². The van der Waals surface area contributed by atoms with Crippen LogP contribution in [0, 0.1) is 6.92 Å². The van der Waals surface area contributed by atoms with Gasteiger partial charge in [0.2, 0.25) is 5.91 Å². The Labute approximate surface area is 172 Å². The Kier molecular flexibility index (Phi) is 7.46. The maximum absolute atomic E-state index is 12.7. The van der Waals surface area contributed by atoms with E-state index in [-0.39, 0.29) is 13.1 Å². The smallest absolute Gasteiger partial charge is 0.304 e. The highest BCUT2D eigenvalue weighted by Crippen LogP contribution is 2.24. The minimum absolute atomic E-state index is 0.170. The van der Waals surface area contributed by atoms with Crippen molar-refractivity contribution in [3.63, 3.8) is 0 Å². The fourth-order valence-corrected chi connectivity index (χ4v) is 3.68. The van der Waals surface area contributed by atoms with Crippen molar-refractivity contribution in [2.45, 2.75) is 13.5 Å². The lowest BCUT2D eigenvalue weighted by molar-refractivity contribution is -0.119. The third-order valence-electron chi connectivity index (χ3n) is 4.31. The fraction of sp³-hybridized carbons (Fsp3) is 0.350. The number of nitrogens with zero attached hydrogens (tertiary/aromatic N) is 2. The summed E-state index contributed by atoms with van der Waals surface area (Å²) in [5.41, 5.74) is 2.13. The topological polar surface area (TPSA) is 88.2 Å². The number of aryl methyl sites for hydroxylation is 1. The number of hydrogen-bond donors (Lipinski definition) is 1. The Morgan fingerprint density at radius 1 is 1.03 bits per heavy atom. The number of rotatable bonds is 9. The first-order chi connectivity index (χ1) is 13.7. The van der Waals surface area contributed by atoms with Crippen molar-refractivity contribution in [1.29, 1.82) is 0 Å². The van der Waals surface area contributed by atoms with Gasteiger partial charge in [0.15, 0.2) is 0 Å². The van der Waals surface area contributed by atoms with E-state index in [0.29, 0.717) is 17.2 Å². The van der Waals surface area contributed by atoms with Crippen molar-refractivity contribution in [1.82, 2.24) is 9.62 Å². The zero-order valence-electron chi connectivity index (χ0n) is 17.3. The second-order valence-electron chi connectivity index (χ2n) is 6.59. The molecule has 9 heteroatoms. The highest BCUT2D eigenvalue weighted by atomic mass is 32.2. The molecule has 0 aliphatic heterocycles. The highest BCUT2D eigenvalue weighted by molar-refractivity contribution is 7.90. The van der Waals surface area contributed by atoms with Gasteiger partial charge in [-0.2, -0.15) is 12.7 Å². The van der Waals surface area contributed by atoms with Crippen molar-refractivity contribution in [3.05, 3.63) is 53.6 Å². The molecule has 0 bridgehead atoms. The molecule has 0 atom stereocenters. The van der Waals surface area contributed by atoms with Crippen molar-refractivity contribution in [2.75, 3.05) is 39.2 Å². The Hall–Kier alpha value is -2.78. The van der Waals surface area contributed by atoms with Crippen LogP contribution in [0.2, 0.25) is 0 Å². The minimum Gasteiger partial charge on any atom is -0.497 e. The molecule has 0 spiro atoms. The zero-order valence-corrected chi connectivity index (χ0v) is 18.1. The Morgan fingerprint density at radius 2 is 1.69 bits per heavy atom. The molecule has 0 aliphatic rings. The van der Waals surface area contributed by atoms with Crippen LogP contribution in [0.3, 0.4) is 0 Å². The lowest BCUT2D eigenvalue weighted by Crippen LogP contribution is -2.45. The lowest BCUT2D eigenvalue weighted by atomic mass is 10.2. The maximum atomic E-state index is 12.7. The normalized spacial score (nSPS) is 11.2. The van der Waals surface area contributed by atoms with Crippen LogP contribution in [0.25, 0.3) is 0 Å². The number of carbonyl (C=O) groups excluding carboxylic acids is 1. The molecule has 0 saturated heterocycles. The van der Waals surface area contributed by atoms with E-state index >= 15 is 0 Å². The van der Waals surface area contributed by atoms with Gasteiger partial charge in [-0.25, -0.2) is 4.31 Å². The average Bonchev–Trinajstić information content (AvgIpc) is 2.70. The second kappa shape index (κ2) is 9.62. The molecular formula is C20H27N3O5S. The van der Waals surface area contributed by atoms with E-state index in [2.05, 4.69) is 5.32 Å². The third kappa shape index (κ3) is 5.61. The number of amides is 1. The Morgan fingerprint density at radius 3 is 2.24 bits per heavy atom. The molecule has 0 aliphatic carbocycles. The molecule has 2 aromatic carbocycles. The summed E-state index contributed by atoms with van der Waals surface area (Å²) in [5.74, 6) is 0.787. The molecule has 8 nitrogen and oxygen atoms in total. The predicted molar refractivity (Wildman–Crippen MR) is 113 cm³/mol. The van der Waals surface area contributed by atoms with Crippen LogP contribution in [0.15, 0.2) is 42.5 Å². The number of nitrogens with one attached hydrogen (secondary N) is 1. The molecule has 2 aromatic rings. The Balaban J connectivity index is 2.19. The van der Waals surface area contributed by atoms with Crippen LogP contribution in [0.1, 0.15) is 11.1 Å². The van der Waals surface area contributed by atoms with E-state index in [1.807, 2.05) is 6.92 Å². The molecule has 0 radical (unpaired) electrons. The molecule has 0 saturated carbocycles. The first-order valence-electron chi connectivity index (χ1n) is 8.93. The first kappa shape index (κ1) is 22.5. The van der Waals surface area contributed by atoms with Crippen LogP contribution in [-0.4, -0.2) is 53.5 Å². The van der Waals surface area contributed by atoms with Crippen LogP contribution < -0.4 is 19.1 Å². The fourth-order valence-electron chi connectivity index (χ4n) is 2.61. The van der Waals surface area contributed by atoms with Crippen molar-refractivity contribution < 1.29 is 22.7 Å². The summed E-state index contributed by atoms with van der Waals surface area (Å²) in [6.45, 7) is 1.72. The zero-order chi connectivity index (χ0) is 21.6. The van der Waals surface area contributed by atoms with Gasteiger partial charge in [-0.3, -0.25) is 4.79 Å². The SMILES string of the molecule is COc1ccc(OC)c(CNC(=O)CN(c2ccc(C)cc2)S(=O)(=O)N(C)C)c1. The van der Waals surface area contributed by atoms with Crippen molar-refractivity contribution in [3.8, 4) is 11.5 Å². The van der Waals surface area contributed by atoms with Gasteiger partial charge in [0.25, 0.3) is 0 Å². The molecule has 1 N–H and O–H groups in total. The maximum Gasteiger partial charge on any atom is 0.304 e. The summed E-state index contributed by atoms with van der Waals surface area (Å²) in [7, 11) is 2.10. The molecule has 158 valence electrons. The molecule has 0 heterocycles. The van der Waals surface area contributed by atoms with Gasteiger partial charge in [-0.1, -0.05) is 17.7 Å². The number of ether oxygens (including phenoxy) is 2. The highest BCUT2D eigenvalue weighted by Gasteiger charge is 2.27. The molecule has 0 unspecified atom stereocenters. The summed E-state index contributed by atoms with van der Waals surface area (Å²) in [6, 6.07) is 12.2. The van der Waals surface area contributed by atoms with Gasteiger partial charge in [-0.05, 0) is 37.3 Å². The second-order valence-corrected chi connectivity index (χ2v) is 8.65. The van der Waals surface area contributed by atoms with Crippen LogP contribution in [0.4, 0.5) is 5.69 Å². The summed E-state index contributed by atoms with van der Waals surface area (Å²) in [6.07, 6.45) is 0. The standard InChI is InChI=1S/C20H27N3O5S/c1-15-6-8-17(9-7-15)23(29(25,26)22(2)3)14-20(24)21-13-16-12-18(27-4)10-11-19(16)28-5/h6-12H,13-14H2,1-5H3,(H,21,24). The first-order valence-corrected chi connectivity index (χ1v) is 10.3. The van der Waals surface area contributed by atoms with Gasteiger partial charge < -0.3 is 14.8 Å². The van der Waals surface area contributed by atoms with E-state index in [1.54, 1.807) is 49.6 Å². The van der Waals surface area contributed by atoms with Crippen molar-refractivity contribution >= 4 is 21.8 Å². The van der Waals surface area contributed by atoms with E-state index in [4.69, 9.17) is 9.47 Å². The Bertz CT molecular complexity index is 943. The van der Waals surface area contributed by atoms with Gasteiger partial charge in [0, 0.05) is 26.2 Å². The van der Waals surface area contributed by atoms with Crippen molar-refractivity contribution in [2.24, 2.45) is 0 Å². The number of benzene rings is 2. The van der Waals surface area contributed by atoms with Gasteiger partial charge in [-0.15, -0.1) is 0 Å². The quantitative estimate of drug-likeness (QED) is 0.669. The van der Waals surface area contributed by atoms with E-state index < -0.39 is 16.1 Å². The third-order valence-corrected chi connectivity index (χ3v) is 6.13. The van der Waals surface area contributed by atoms with Crippen LogP contribution in [-0.2, 0) is 21.5 Å². The molecular weight excluding hydrogens is 394 g/mol. The average molecular weight is 422 g/mol. The number of carbonyl (C=O) groups is 1. The molecule has 29 heavy (non-hydrogen) atoms. The van der Waals surface area contributed by atoms with Gasteiger partial charge in [0.1, 0.15) is 18.0 Å². The molecule has 2 rings (SSSR count). The monoisotopic (exact) mass is 421 g/mol. The number of anilines is 1. The summed E-state index contributed by atoms with van der Waals surface area (Å²) < 4.78 is 38.1. The van der Waals surface area contributed by atoms with Crippen LogP contribution in [0.5, 0.6) is 11.5 Å². The largest absolute Gasteiger partial charge is 0.497 e. The lowest BCUT2D eigenvalue weighted by Gasteiger charge is -2.27. The summed E-state index contributed by atoms with van der Waals surface area (Å²) in [4.78, 5) is 12.6.